The number of anilines is 1. The van der Waals surface area contributed by atoms with E-state index in [-0.39, 0.29) is 0 Å². The van der Waals surface area contributed by atoms with E-state index in [2.05, 4.69) is 30.7 Å². The molecule has 0 unspecified atom stereocenters. The van der Waals surface area contributed by atoms with E-state index in [1.807, 2.05) is 30.3 Å². The van der Waals surface area contributed by atoms with E-state index in [0.29, 0.717) is 6.61 Å². The van der Waals surface area contributed by atoms with Crippen LogP contribution in [0, 0.1) is 13.8 Å². The van der Waals surface area contributed by atoms with Gasteiger partial charge < -0.3 is 14.4 Å². The molecule has 3 aromatic rings. The fourth-order valence-electron chi connectivity index (χ4n) is 3.50. The lowest BCUT2D eigenvalue weighted by molar-refractivity contribution is 0.0331. The molecule has 1 saturated heterocycles. The standard InChI is InChI=1S/C22H28N4O2S/c1-16-17(2)29-22-20(16)21(23-19(24-22)15-26-10-12-27-13-11-26)25(3)9-14-28-18-7-5-4-6-8-18/h4-8H,9-15H2,1-3H3. The summed E-state index contributed by atoms with van der Waals surface area (Å²) in [5.41, 5.74) is 1.27. The third-order valence-corrected chi connectivity index (χ3v) is 6.43. The monoisotopic (exact) mass is 412 g/mol. The molecule has 154 valence electrons. The lowest BCUT2D eigenvalue weighted by Gasteiger charge is -2.26. The first-order valence-corrected chi connectivity index (χ1v) is 10.9. The summed E-state index contributed by atoms with van der Waals surface area (Å²) >= 11 is 1.75. The van der Waals surface area contributed by atoms with Gasteiger partial charge in [0, 0.05) is 25.0 Å². The van der Waals surface area contributed by atoms with Crippen LogP contribution in [-0.2, 0) is 11.3 Å². The Hall–Kier alpha value is -2.22. The second kappa shape index (κ2) is 9.07. The number of benzene rings is 1. The quantitative estimate of drug-likeness (QED) is 0.590. The molecule has 0 spiro atoms. The van der Waals surface area contributed by atoms with Gasteiger partial charge in [-0.2, -0.15) is 0 Å². The number of para-hydroxylation sites is 1. The van der Waals surface area contributed by atoms with Crippen LogP contribution in [0.15, 0.2) is 30.3 Å². The maximum Gasteiger partial charge on any atom is 0.146 e. The molecule has 6 nitrogen and oxygen atoms in total. The number of hydrogen-bond donors (Lipinski definition) is 0. The minimum atomic E-state index is 0.604. The van der Waals surface area contributed by atoms with Crippen molar-refractivity contribution in [3.05, 3.63) is 46.6 Å². The molecule has 3 heterocycles. The highest BCUT2D eigenvalue weighted by atomic mass is 32.1. The molecule has 0 saturated carbocycles. The first kappa shape index (κ1) is 20.1. The largest absolute Gasteiger partial charge is 0.492 e. The maximum absolute atomic E-state index is 5.89. The molecule has 0 aliphatic carbocycles. The average Bonchev–Trinajstić information content (AvgIpc) is 3.02. The third-order valence-electron chi connectivity index (χ3n) is 5.32. The van der Waals surface area contributed by atoms with Crippen LogP contribution in [0.1, 0.15) is 16.3 Å². The molecule has 29 heavy (non-hydrogen) atoms. The van der Waals surface area contributed by atoms with E-state index >= 15 is 0 Å². The summed E-state index contributed by atoms with van der Waals surface area (Å²) in [5.74, 6) is 2.77. The summed E-state index contributed by atoms with van der Waals surface area (Å²) in [5, 5.41) is 1.17. The lowest BCUT2D eigenvalue weighted by Crippen LogP contribution is -2.36. The number of aromatic nitrogens is 2. The van der Waals surface area contributed by atoms with E-state index in [0.717, 1.165) is 61.6 Å². The fourth-order valence-corrected chi connectivity index (χ4v) is 4.54. The zero-order valence-electron chi connectivity index (χ0n) is 17.4. The van der Waals surface area contributed by atoms with Crippen molar-refractivity contribution in [2.24, 2.45) is 0 Å². The summed E-state index contributed by atoms with van der Waals surface area (Å²) in [6.45, 7) is 9.87. The number of ether oxygens (including phenoxy) is 2. The van der Waals surface area contributed by atoms with Gasteiger partial charge in [0.05, 0.1) is 31.7 Å². The average molecular weight is 413 g/mol. The van der Waals surface area contributed by atoms with E-state index in [4.69, 9.17) is 19.4 Å². The molecule has 0 radical (unpaired) electrons. The number of likely N-dealkylation sites (N-methyl/N-ethyl adjacent to an activating group) is 1. The number of thiophene rings is 1. The van der Waals surface area contributed by atoms with Gasteiger partial charge in [0.1, 0.15) is 28.8 Å². The Balaban J connectivity index is 1.55. The van der Waals surface area contributed by atoms with Crippen LogP contribution in [0.25, 0.3) is 10.2 Å². The minimum absolute atomic E-state index is 0.604. The second-order valence-corrected chi connectivity index (χ2v) is 8.60. The van der Waals surface area contributed by atoms with Crippen LogP contribution in [0.5, 0.6) is 5.75 Å². The van der Waals surface area contributed by atoms with Gasteiger partial charge in [0.15, 0.2) is 0 Å². The number of rotatable bonds is 7. The Kier molecular flexibility index (Phi) is 6.28. The zero-order chi connectivity index (χ0) is 20.2. The Morgan fingerprint density at radius 1 is 1.14 bits per heavy atom. The van der Waals surface area contributed by atoms with Gasteiger partial charge in [-0.05, 0) is 31.5 Å². The number of morpholine rings is 1. The molecular formula is C22H28N4O2S. The molecule has 0 N–H and O–H groups in total. The Labute approximate surface area is 176 Å². The van der Waals surface area contributed by atoms with Crippen molar-refractivity contribution in [1.29, 1.82) is 0 Å². The molecule has 1 aromatic carbocycles. The van der Waals surface area contributed by atoms with Gasteiger partial charge in [0.25, 0.3) is 0 Å². The van der Waals surface area contributed by atoms with Crippen molar-refractivity contribution in [3.8, 4) is 5.75 Å². The van der Waals surface area contributed by atoms with Crippen LogP contribution in [0.3, 0.4) is 0 Å². The van der Waals surface area contributed by atoms with E-state index < -0.39 is 0 Å². The van der Waals surface area contributed by atoms with Gasteiger partial charge in [-0.1, -0.05) is 18.2 Å². The second-order valence-electron chi connectivity index (χ2n) is 7.40. The number of fused-ring (bicyclic) bond motifs is 1. The third kappa shape index (κ3) is 4.69. The summed E-state index contributed by atoms with van der Waals surface area (Å²) in [6.07, 6.45) is 0. The minimum Gasteiger partial charge on any atom is -0.492 e. The van der Waals surface area contributed by atoms with Crippen LogP contribution in [0.4, 0.5) is 5.82 Å². The summed E-state index contributed by atoms with van der Waals surface area (Å²) < 4.78 is 11.4. The van der Waals surface area contributed by atoms with Crippen LogP contribution in [-0.4, -0.2) is 61.4 Å². The highest BCUT2D eigenvalue weighted by molar-refractivity contribution is 7.18. The summed E-state index contributed by atoms with van der Waals surface area (Å²) in [4.78, 5) is 16.8. The van der Waals surface area contributed by atoms with Crippen LogP contribution < -0.4 is 9.64 Å². The van der Waals surface area contributed by atoms with Crippen LogP contribution in [0.2, 0.25) is 0 Å². The first-order valence-electron chi connectivity index (χ1n) is 10.1. The highest BCUT2D eigenvalue weighted by Gasteiger charge is 2.19. The molecule has 7 heteroatoms. The first-order chi connectivity index (χ1) is 14.1. The summed E-state index contributed by atoms with van der Waals surface area (Å²) in [6, 6.07) is 9.94. The molecule has 0 atom stereocenters. The fraction of sp³-hybridized carbons (Fsp3) is 0.455. The summed E-state index contributed by atoms with van der Waals surface area (Å²) in [7, 11) is 2.08. The molecule has 1 aliphatic heterocycles. The molecule has 2 aromatic heterocycles. The predicted molar refractivity (Wildman–Crippen MR) is 118 cm³/mol. The Morgan fingerprint density at radius 2 is 1.90 bits per heavy atom. The van der Waals surface area contributed by atoms with Crippen molar-refractivity contribution in [3.63, 3.8) is 0 Å². The number of aryl methyl sites for hydroxylation is 2. The van der Waals surface area contributed by atoms with Crippen molar-refractivity contribution in [1.82, 2.24) is 14.9 Å². The van der Waals surface area contributed by atoms with Gasteiger partial charge in [-0.3, -0.25) is 4.90 Å². The molecule has 4 rings (SSSR count). The molecule has 0 amide bonds. The zero-order valence-corrected chi connectivity index (χ0v) is 18.2. The predicted octanol–water partition coefficient (Wildman–Crippen LogP) is 3.66. The SMILES string of the molecule is Cc1sc2nc(CN3CCOCC3)nc(N(C)CCOc3ccccc3)c2c1C. The number of nitrogens with zero attached hydrogens (tertiary/aromatic N) is 4. The normalized spacial score (nSPS) is 15.0. The van der Waals surface area contributed by atoms with Crippen molar-refractivity contribution in [2.45, 2.75) is 20.4 Å². The van der Waals surface area contributed by atoms with Crippen molar-refractivity contribution >= 4 is 27.4 Å². The molecule has 1 fully saturated rings. The van der Waals surface area contributed by atoms with Gasteiger partial charge in [-0.25, -0.2) is 9.97 Å². The Morgan fingerprint density at radius 3 is 2.66 bits per heavy atom. The topological polar surface area (TPSA) is 50.7 Å². The molecular weight excluding hydrogens is 384 g/mol. The van der Waals surface area contributed by atoms with Gasteiger partial charge in [0.2, 0.25) is 0 Å². The highest BCUT2D eigenvalue weighted by Crippen LogP contribution is 2.34. The Bertz CT molecular complexity index is 954. The van der Waals surface area contributed by atoms with Crippen LogP contribution >= 0.6 is 11.3 Å². The van der Waals surface area contributed by atoms with Crippen molar-refractivity contribution in [2.75, 3.05) is 51.4 Å². The van der Waals surface area contributed by atoms with Gasteiger partial charge >= 0.3 is 0 Å². The number of hydrogen-bond acceptors (Lipinski definition) is 7. The maximum atomic E-state index is 5.89. The molecule has 1 aliphatic rings. The van der Waals surface area contributed by atoms with Crippen molar-refractivity contribution < 1.29 is 9.47 Å². The molecule has 0 bridgehead atoms. The van der Waals surface area contributed by atoms with E-state index in [1.54, 1.807) is 11.3 Å². The van der Waals surface area contributed by atoms with Gasteiger partial charge in [-0.15, -0.1) is 11.3 Å². The van der Waals surface area contributed by atoms with E-state index in [1.165, 1.54) is 15.8 Å². The lowest BCUT2D eigenvalue weighted by atomic mass is 10.2. The van der Waals surface area contributed by atoms with E-state index in [9.17, 15) is 0 Å². The smallest absolute Gasteiger partial charge is 0.146 e.